The van der Waals surface area contributed by atoms with Gasteiger partial charge in [0.1, 0.15) is 5.82 Å². The summed E-state index contributed by atoms with van der Waals surface area (Å²) in [4.78, 5) is 15.0. The maximum atomic E-state index is 13.7. The molecule has 0 aliphatic rings. The second kappa shape index (κ2) is 8.84. The lowest BCUT2D eigenvalue weighted by Crippen LogP contribution is -2.23. The molecule has 1 aromatic heterocycles. The summed E-state index contributed by atoms with van der Waals surface area (Å²) in [6.07, 6.45) is 1.06. The van der Waals surface area contributed by atoms with Crippen LogP contribution in [0.4, 0.5) is 4.39 Å². The highest BCUT2D eigenvalue weighted by atomic mass is 19.1. The number of nitrogens with zero attached hydrogens (tertiary/aromatic N) is 1. The van der Waals surface area contributed by atoms with Crippen molar-refractivity contribution < 1.29 is 5.82 Å². The number of hydrogen-bond donors (Lipinski definition) is 1. The van der Waals surface area contributed by atoms with Crippen molar-refractivity contribution in [2.45, 2.75) is 52.9 Å². The molecule has 0 saturated carbocycles. The number of rotatable bonds is 4. The van der Waals surface area contributed by atoms with E-state index in [1.807, 2.05) is 65.0 Å². The van der Waals surface area contributed by atoms with Crippen molar-refractivity contribution in [3.05, 3.63) is 80.9 Å². The molecule has 3 rings (SSSR count). The van der Waals surface area contributed by atoms with Crippen molar-refractivity contribution in [3.63, 3.8) is 0 Å². The average Bonchev–Trinajstić information content (AvgIpc) is 2.67. The Bertz CT molecular complexity index is 1060. The monoisotopic (exact) mass is 380 g/mol. The number of aryl methyl sites for hydroxylation is 2. The first-order valence-electron chi connectivity index (χ1n) is 9.68. The summed E-state index contributed by atoms with van der Waals surface area (Å²) >= 11 is 0. The molecular formula is C24H29FN2O. The molecule has 1 N–H and O–H groups in total. The molecule has 3 aromatic rings. The van der Waals surface area contributed by atoms with Gasteiger partial charge in [-0.1, -0.05) is 39.0 Å². The summed E-state index contributed by atoms with van der Waals surface area (Å²) in [5, 5.41) is 10.8. The summed E-state index contributed by atoms with van der Waals surface area (Å²) in [5.74, 6) is -0.296. The summed E-state index contributed by atoms with van der Waals surface area (Å²) in [6.45, 7) is 9.62. The number of hydrogen-bond acceptors (Lipinski definition) is 2. The van der Waals surface area contributed by atoms with Crippen LogP contribution in [0.25, 0.3) is 10.9 Å². The molecule has 0 radical (unpaired) electrons. The topological polar surface area (TPSA) is 56.6 Å². The molecule has 0 aliphatic heterocycles. The highest BCUT2D eigenvalue weighted by molar-refractivity contribution is 5.80. The lowest BCUT2D eigenvalue weighted by Gasteiger charge is -2.23. The number of H-pyrrole nitrogens is 1. The van der Waals surface area contributed by atoms with E-state index in [9.17, 15) is 14.4 Å². The number of nitriles is 1. The van der Waals surface area contributed by atoms with Crippen LogP contribution in [0.1, 0.15) is 51.4 Å². The van der Waals surface area contributed by atoms with Gasteiger partial charge in [0, 0.05) is 12.5 Å². The second-order valence-corrected chi connectivity index (χ2v) is 7.04. The largest absolute Gasteiger partial charge is 0.322 e. The van der Waals surface area contributed by atoms with E-state index in [4.69, 9.17) is 0 Å². The predicted octanol–water partition coefficient (Wildman–Crippen LogP) is 5.83. The van der Waals surface area contributed by atoms with Gasteiger partial charge in [-0.15, -0.1) is 0 Å². The number of nitrogens with one attached hydrogen (secondary N) is 1. The van der Waals surface area contributed by atoms with Gasteiger partial charge in [-0.05, 0) is 73.0 Å². The molecule has 0 fully saturated rings. The number of pyridine rings is 1. The van der Waals surface area contributed by atoms with Crippen molar-refractivity contribution >= 4 is 10.9 Å². The zero-order valence-electron chi connectivity index (χ0n) is 17.2. The van der Waals surface area contributed by atoms with E-state index >= 15 is 0 Å². The number of aromatic nitrogens is 1. The van der Waals surface area contributed by atoms with Crippen molar-refractivity contribution in [1.82, 2.24) is 4.98 Å². The van der Waals surface area contributed by atoms with Crippen LogP contribution in [0.15, 0.2) is 47.3 Å². The van der Waals surface area contributed by atoms with Crippen LogP contribution in [0, 0.1) is 24.1 Å². The van der Waals surface area contributed by atoms with Crippen LogP contribution in [0.3, 0.4) is 0 Å². The molecule has 1 unspecified atom stereocenters. The van der Waals surface area contributed by atoms with E-state index in [0.717, 1.165) is 27.6 Å². The van der Waals surface area contributed by atoms with E-state index in [2.05, 4.69) is 11.1 Å². The van der Waals surface area contributed by atoms with Gasteiger partial charge >= 0.3 is 0 Å². The predicted molar refractivity (Wildman–Crippen MR) is 115 cm³/mol. The van der Waals surface area contributed by atoms with Crippen LogP contribution < -0.4 is 5.56 Å². The minimum absolute atomic E-state index is 0. The minimum Gasteiger partial charge on any atom is -0.322 e. The molecule has 3 nitrogen and oxygen atoms in total. The highest BCUT2D eigenvalue weighted by Crippen LogP contribution is 2.30. The number of halogens is 1. The van der Waals surface area contributed by atoms with Gasteiger partial charge in [0.05, 0.1) is 11.5 Å². The molecule has 0 amide bonds. The Morgan fingerprint density at radius 2 is 1.89 bits per heavy atom. The van der Waals surface area contributed by atoms with Crippen molar-refractivity contribution in [2.24, 2.45) is 0 Å². The van der Waals surface area contributed by atoms with E-state index < -0.39 is 5.41 Å². The van der Waals surface area contributed by atoms with Gasteiger partial charge in [0.15, 0.2) is 0 Å². The summed E-state index contributed by atoms with van der Waals surface area (Å²) in [7, 11) is 0. The molecule has 4 heteroatoms. The highest BCUT2D eigenvalue weighted by Gasteiger charge is 2.27. The molecule has 1 heterocycles. The van der Waals surface area contributed by atoms with Crippen LogP contribution in [0.5, 0.6) is 0 Å². The quantitative estimate of drug-likeness (QED) is 0.619. The van der Waals surface area contributed by atoms with Crippen LogP contribution in [-0.2, 0) is 18.3 Å². The maximum Gasteiger partial charge on any atom is 0.251 e. The Morgan fingerprint density at radius 3 is 2.50 bits per heavy atom. The average molecular weight is 381 g/mol. The maximum absolute atomic E-state index is 13.7. The van der Waals surface area contributed by atoms with Gasteiger partial charge in [-0.2, -0.15) is 5.26 Å². The molecule has 28 heavy (non-hydrogen) atoms. The molecule has 1 atom stereocenters. The first-order chi connectivity index (χ1) is 13.3. The lowest BCUT2D eigenvalue weighted by molar-refractivity contribution is 0.593. The van der Waals surface area contributed by atoms with Crippen LogP contribution >= 0.6 is 0 Å². The summed E-state index contributed by atoms with van der Waals surface area (Å²) in [5.41, 5.74) is 2.93. The van der Waals surface area contributed by atoms with E-state index in [1.165, 1.54) is 12.1 Å². The molecule has 0 saturated heterocycles. The first kappa shape index (κ1) is 21.4. The summed E-state index contributed by atoms with van der Waals surface area (Å²) < 4.78 is 13.7. The van der Waals surface area contributed by atoms with Gasteiger partial charge < -0.3 is 4.98 Å². The molecule has 0 bridgehead atoms. The second-order valence-electron chi connectivity index (χ2n) is 7.04. The molecular weight excluding hydrogens is 351 g/mol. The molecule has 2 aromatic carbocycles. The normalized spacial score (nSPS) is 12.6. The minimum atomic E-state index is -0.825. The smallest absolute Gasteiger partial charge is 0.251 e. The molecule has 148 valence electrons. The Labute approximate surface area is 167 Å². The third kappa shape index (κ3) is 4.48. The van der Waals surface area contributed by atoms with Crippen molar-refractivity contribution in [2.75, 3.05) is 0 Å². The number of fused-ring (bicyclic) bond motifs is 1. The summed E-state index contributed by atoms with van der Waals surface area (Å²) in [6, 6.07) is 14.8. The standard InChI is InChI=1S/C22H21FN2O.C2H6.H2/c1-4-16-10-17-5-6-18(11-20(17)25-21(16)26)22(3,13-24)12-15-7-14(2)8-19(23)9-15;1-2;/h5-11H,4,12H2,1-3H3,(H,25,26);1-2H3;1H. The number of aromatic amines is 1. The zero-order valence-corrected chi connectivity index (χ0v) is 17.2. The lowest BCUT2D eigenvalue weighted by atomic mass is 9.78. The van der Waals surface area contributed by atoms with Crippen molar-refractivity contribution in [1.29, 1.82) is 5.26 Å². The Hall–Kier alpha value is -2.93. The SMILES string of the molecule is CC.CCc1cc2ccc(C(C)(C#N)Cc3cc(C)cc(F)c3)cc2[nH]c1=O.[HH]. The van der Waals surface area contributed by atoms with Crippen molar-refractivity contribution in [3.8, 4) is 6.07 Å². The van der Waals surface area contributed by atoms with E-state index in [0.29, 0.717) is 18.4 Å². The third-order valence-electron chi connectivity index (χ3n) is 4.85. The Balaban J connectivity index is 0.00000136. The fourth-order valence-corrected chi connectivity index (χ4v) is 3.38. The van der Waals surface area contributed by atoms with Gasteiger partial charge in [-0.3, -0.25) is 4.79 Å². The number of benzene rings is 2. The Morgan fingerprint density at radius 1 is 1.18 bits per heavy atom. The third-order valence-corrected chi connectivity index (χ3v) is 4.85. The van der Waals surface area contributed by atoms with Crippen LogP contribution in [0.2, 0.25) is 0 Å². The Kier molecular flexibility index (Phi) is 6.75. The fourth-order valence-electron chi connectivity index (χ4n) is 3.38. The zero-order chi connectivity index (χ0) is 20.9. The van der Waals surface area contributed by atoms with Crippen LogP contribution in [-0.4, -0.2) is 4.98 Å². The van der Waals surface area contributed by atoms with E-state index in [1.54, 1.807) is 0 Å². The van der Waals surface area contributed by atoms with E-state index in [-0.39, 0.29) is 12.8 Å². The fraction of sp³-hybridized carbons (Fsp3) is 0.333. The molecule has 0 spiro atoms. The first-order valence-corrected chi connectivity index (χ1v) is 9.68. The van der Waals surface area contributed by atoms with Gasteiger partial charge in [-0.25, -0.2) is 4.39 Å². The van der Waals surface area contributed by atoms with Gasteiger partial charge in [0.2, 0.25) is 0 Å². The molecule has 0 aliphatic carbocycles. The van der Waals surface area contributed by atoms with Gasteiger partial charge in [0.25, 0.3) is 5.56 Å².